The highest BCUT2D eigenvalue weighted by molar-refractivity contribution is 7.99. The molecule has 0 N–H and O–H groups in total. The lowest BCUT2D eigenvalue weighted by Crippen LogP contribution is -2.40. The summed E-state index contributed by atoms with van der Waals surface area (Å²) in [5.74, 6) is 0.317. The predicted molar refractivity (Wildman–Crippen MR) is 164 cm³/mol. The maximum atomic E-state index is 14.1. The zero-order valence-corrected chi connectivity index (χ0v) is 26.0. The number of hydrogen-bond acceptors (Lipinski definition) is 12. The third-order valence-electron chi connectivity index (χ3n) is 6.54. The van der Waals surface area contributed by atoms with Crippen molar-refractivity contribution in [3.05, 3.63) is 107 Å². The Morgan fingerprint density at radius 3 is 2.55 bits per heavy atom. The van der Waals surface area contributed by atoms with Gasteiger partial charge in [0.15, 0.2) is 9.96 Å². The highest BCUT2D eigenvalue weighted by atomic mass is 32.2. The van der Waals surface area contributed by atoms with E-state index in [1.165, 1.54) is 24.9 Å². The van der Waals surface area contributed by atoms with Crippen LogP contribution in [0.15, 0.2) is 86.0 Å². The van der Waals surface area contributed by atoms with Gasteiger partial charge in [-0.1, -0.05) is 17.4 Å². The second-order valence-electron chi connectivity index (χ2n) is 9.76. The van der Waals surface area contributed by atoms with Gasteiger partial charge in [-0.25, -0.2) is 19.8 Å². The Labute approximate surface area is 259 Å². The van der Waals surface area contributed by atoms with Gasteiger partial charge >= 0.3 is 5.97 Å². The molecule has 44 heavy (non-hydrogen) atoms. The van der Waals surface area contributed by atoms with Gasteiger partial charge in [-0.15, -0.1) is 0 Å². The van der Waals surface area contributed by atoms with Gasteiger partial charge in [0.1, 0.15) is 17.5 Å². The molecule has 12 nitrogen and oxygen atoms in total. The zero-order chi connectivity index (χ0) is 31.5. The van der Waals surface area contributed by atoms with Gasteiger partial charge in [-0.05, 0) is 74.5 Å². The van der Waals surface area contributed by atoms with E-state index < -0.39 is 28.6 Å². The molecule has 0 saturated heterocycles. The Morgan fingerprint density at radius 1 is 1.14 bits per heavy atom. The molecular formula is C30H27N5O7S2. The summed E-state index contributed by atoms with van der Waals surface area (Å²) in [5.41, 5.74) is 0.917. The molecule has 0 unspecified atom stereocenters. The quantitative estimate of drug-likeness (QED) is 0.114. The molecule has 0 spiro atoms. The van der Waals surface area contributed by atoms with E-state index in [9.17, 15) is 19.7 Å². The largest absolute Gasteiger partial charge is 0.497 e. The Morgan fingerprint density at radius 2 is 1.89 bits per heavy atom. The van der Waals surface area contributed by atoms with Gasteiger partial charge in [0.05, 0.1) is 45.9 Å². The summed E-state index contributed by atoms with van der Waals surface area (Å²) in [7, 11) is 3.01. The van der Waals surface area contributed by atoms with Crippen molar-refractivity contribution in [2.45, 2.75) is 43.0 Å². The van der Waals surface area contributed by atoms with Crippen molar-refractivity contribution >= 4 is 40.8 Å². The van der Waals surface area contributed by atoms with Gasteiger partial charge in [0.2, 0.25) is 0 Å². The Hall–Kier alpha value is -4.82. The van der Waals surface area contributed by atoms with E-state index in [0.717, 1.165) is 23.1 Å². The molecule has 0 amide bonds. The number of rotatable bonds is 9. The average molecular weight is 634 g/mol. The molecule has 0 bridgehead atoms. The van der Waals surface area contributed by atoms with Crippen molar-refractivity contribution < 1.29 is 23.9 Å². The third-order valence-corrected chi connectivity index (χ3v) is 8.48. The molecule has 4 aromatic rings. The van der Waals surface area contributed by atoms with E-state index in [0.29, 0.717) is 43.2 Å². The van der Waals surface area contributed by atoms with Crippen LogP contribution in [-0.2, 0) is 9.53 Å². The summed E-state index contributed by atoms with van der Waals surface area (Å²) < 4.78 is 18.3. The number of benzene rings is 2. The number of esters is 1. The number of aromatic nitrogens is 3. The summed E-state index contributed by atoms with van der Waals surface area (Å²) in [4.78, 5) is 52.5. The van der Waals surface area contributed by atoms with Crippen LogP contribution in [0.2, 0.25) is 0 Å². The van der Waals surface area contributed by atoms with Crippen molar-refractivity contribution in [1.29, 1.82) is 0 Å². The number of nitrogens with zero attached hydrogens (tertiary/aromatic N) is 5. The molecule has 1 aliphatic heterocycles. The molecular weight excluding hydrogens is 606 g/mol. The first-order chi connectivity index (χ1) is 21.1. The van der Waals surface area contributed by atoms with Gasteiger partial charge in [0.25, 0.3) is 11.2 Å². The first-order valence-corrected chi connectivity index (χ1v) is 14.9. The number of methoxy groups -OCH3 is 2. The lowest BCUT2D eigenvalue weighted by Gasteiger charge is -2.26. The third kappa shape index (κ3) is 6.12. The fourth-order valence-electron chi connectivity index (χ4n) is 4.65. The Kier molecular flexibility index (Phi) is 8.92. The Bertz CT molecular complexity index is 1970. The molecule has 1 aliphatic rings. The highest BCUT2D eigenvalue weighted by Crippen LogP contribution is 2.38. The lowest BCUT2D eigenvalue weighted by molar-refractivity contribution is -0.387. The van der Waals surface area contributed by atoms with E-state index in [4.69, 9.17) is 14.2 Å². The molecule has 2 aromatic carbocycles. The van der Waals surface area contributed by atoms with Crippen molar-refractivity contribution in [1.82, 2.24) is 14.5 Å². The summed E-state index contributed by atoms with van der Waals surface area (Å²) in [6.45, 7) is 5.16. The molecule has 2 aromatic heterocycles. The van der Waals surface area contributed by atoms with Crippen LogP contribution in [-0.4, -0.2) is 45.8 Å². The standard InChI is InChI=1S/C30H27N5O7S2/c1-16(2)42-28(37)25-17(3)33-30-34(26(25)20-15-19(40-4)8-9-22(20)41-5)27(36)24(44-30)14-18-7-10-23(21(13-18)35(38)39)43-29-31-11-6-12-32-29/h6-16,26H,1-5H3/b24-14-/t26-/m1/s1. The van der Waals surface area contributed by atoms with Gasteiger partial charge in [-0.3, -0.25) is 19.5 Å². The van der Waals surface area contributed by atoms with Crippen LogP contribution in [0.1, 0.15) is 37.9 Å². The van der Waals surface area contributed by atoms with Gasteiger partial charge in [0, 0.05) is 24.0 Å². The molecule has 0 radical (unpaired) electrons. The lowest BCUT2D eigenvalue weighted by atomic mass is 9.94. The predicted octanol–water partition coefficient (Wildman–Crippen LogP) is 4.05. The first-order valence-electron chi connectivity index (χ1n) is 13.3. The first kappa shape index (κ1) is 30.6. The topological polar surface area (TPSA) is 148 Å². The van der Waals surface area contributed by atoms with E-state index in [1.807, 2.05) is 0 Å². The normalized spacial score (nSPS) is 14.7. The van der Waals surface area contributed by atoms with E-state index in [1.54, 1.807) is 75.6 Å². The molecule has 1 atom stereocenters. The molecule has 226 valence electrons. The van der Waals surface area contributed by atoms with Crippen LogP contribution in [0, 0.1) is 10.1 Å². The number of hydrogen-bond donors (Lipinski definition) is 0. The van der Waals surface area contributed by atoms with Crippen molar-refractivity contribution in [3.8, 4) is 11.5 Å². The van der Waals surface area contributed by atoms with E-state index >= 15 is 0 Å². The number of thiazole rings is 1. The average Bonchev–Trinajstić information content (AvgIpc) is 3.30. The van der Waals surface area contributed by atoms with Crippen molar-refractivity contribution in [2.24, 2.45) is 4.99 Å². The molecule has 0 fully saturated rings. The monoisotopic (exact) mass is 633 g/mol. The van der Waals surface area contributed by atoms with E-state index in [-0.39, 0.29) is 15.8 Å². The number of carbonyl (C=O) groups excluding carboxylic acids is 1. The number of fused-ring (bicyclic) bond motifs is 1. The SMILES string of the molecule is COc1ccc(OC)c([C@@H]2C(C(=O)OC(C)C)=C(C)N=c3s/c(=C\c4ccc(Sc5ncccn5)c([N+](=O)[O-])c4)c(=O)n32)c1. The second kappa shape index (κ2) is 12.8. The smallest absolute Gasteiger partial charge is 0.338 e. The van der Waals surface area contributed by atoms with Crippen LogP contribution >= 0.6 is 23.1 Å². The molecule has 0 saturated carbocycles. The zero-order valence-electron chi connectivity index (χ0n) is 24.3. The summed E-state index contributed by atoms with van der Waals surface area (Å²) in [5, 5.41) is 12.3. The summed E-state index contributed by atoms with van der Waals surface area (Å²) >= 11 is 2.17. The molecule has 0 aliphatic carbocycles. The van der Waals surface area contributed by atoms with E-state index in [2.05, 4.69) is 15.0 Å². The van der Waals surface area contributed by atoms with Crippen LogP contribution in [0.5, 0.6) is 11.5 Å². The number of nitro benzene ring substituents is 1. The number of allylic oxidation sites excluding steroid dienone is 1. The fourth-order valence-corrected chi connectivity index (χ4v) is 6.49. The summed E-state index contributed by atoms with van der Waals surface area (Å²) in [6, 6.07) is 10.5. The van der Waals surface area contributed by atoms with Crippen molar-refractivity contribution in [2.75, 3.05) is 14.2 Å². The van der Waals surface area contributed by atoms with Gasteiger partial charge in [-0.2, -0.15) is 0 Å². The van der Waals surface area contributed by atoms with Crippen LogP contribution < -0.4 is 24.4 Å². The van der Waals surface area contributed by atoms with Crippen LogP contribution in [0.3, 0.4) is 0 Å². The minimum atomic E-state index is -0.941. The maximum Gasteiger partial charge on any atom is 0.338 e. The molecule has 3 heterocycles. The highest BCUT2D eigenvalue weighted by Gasteiger charge is 2.36. The van der Waals surface area contributed by atoms with Crippen molar-refractivity contribution in [3.63, 3.8) is 0 Å². The number of nitro groups is 1. The number of ether oxygens (including phenoxy) is 3. The number of carbonyl (C=O) groups is 1. The second-order valence-corrected chi connectivity index (χ2v) is 11.8. The van der Waals surface area contributed by atoms with Crippen LogP contribution in [0.4, 0.5) is 5.69 Å². The fraction of sp³-hybridized carbons (Fsp3) is 0.233. The van der Waals surface area contributed by atoms with Crippen LogP contribution in [0.25, 0.3) is 6.08 Å². The van der Waals surface area contributed by atoms with Gasteiger partial charge < -0.3 is 14.2 Å². The minimum Gasteiger partial charge on any atom is -0.497 e. The Balaban J connectivity index is 1.67. The molecule has 14 heteroatoms. The molecule has 5 rings (SSSR count). The summed E-state index contributed by atoms with van der Waals surface area (Å²) in [6.07, 6.45) is 4.26. The minimum absolute atomic E-state index is 0.155. The maximum absolute atomic E-state index is 14.1.